The molecule has 190 valence electrons. The third kappa shape index (κ3) is 7.21. The second-order valence-electron chi connectivity index (χ2n) is 9.38. The first-order chi connectivity index (χ1) is 16.5. The van der Waals surface area contributed by atoms with E-state index in [4.69, 9.17) is 11.6 Å². The van der Waals surface area contributed by atoms with Gasteiger partial charge in [0, 0.05) is 17.6 Å². The van der Waals surface area contributed by atoms with Crippen molar-refractivity contribution in [2.45, 2.75) is 65.1 Å². The fourth-order valence-corrected chi connectivity index (χ4v) is 5.50. The van der Waals surface area contributed by atoms with Crippen LogP contribution in [0.3, 0.4) is 0 Å². The Morgan fingerprint density at radius 1 is 1.11 bits per heavy atom. The summed E-state index contributed by atoms with van der Waals surface area (Å²) in [4.78, 5) is 28.2. The highest BCUT2D eigenvalue weighted by molar-refractivity contribution is 7.92. The SMILES string of the molecule is Cc1ccc(C)c(N(CC(=O)N(Cc2cccc(Cl)c2)[C@H](C)C(=O)NC2CCCC2)S(C)(=O)=O)c1. The van der Waals surface area contributed by atoms with Gasteiger partial charge in [0.2, 0.25) is 21.8 Å². The van der Waals surface area contributed by atoms with E-state index in [9.17, 15) is 18.0 Å². The predicted octanol–water partition coefficient (Wildman–Crippen LogP) is 4.20. The first-order valence-corrected chi connectivity index (χ1v) is 14.1. The van der Waals surface area contributed by atoms with E-state index in [0.717, 1.165) is 52.9 Å². The van der Waals surface area contributed by atoms with Gasteiger partial charge in [0.15, 0.2) is 0 Å². The van der Waals surface area contributed by atoms with Crippen molar-refractivity contribution >= 4 is 39.1 Å². The molecule has 7 nitrogen and oxygen atoms in total. The van der Waals surface area contributed by atoms with Crippen LogP contribution in [0.2, 0.25) is 5.02 Å². The van der Waals surface area contributed by atoms with Crippen molar-refractivity contribution in [3.05, 3.63) is 64.2 Å². The molecule has 1 aliphatic rings. The van der Waals surface area contributed by atoms with Crippen LogP contribution < -0.4 is 9.62 Å². The van der Waals surface area contributed by atoms with Crippen LogP contribution in [-0.2, 0) is 26.2 Å². The zero-order valence-corrected chi connectivity index (χ0v) is 22.3. The lowest BCUT2D eigenvalue weighted by atomic mass is 10.1. The maximum absolute atomic E-state index is 13.6. The number of carbonyl (C=O) groups is 2. The maximum atomic E-state index is 13.6. The van der Waals surface area contributed by atoms with Crippen molar-refractivity contribution < 1.29 is 18.0 Å². The van der Waals surface area contributed by atoms with Gasteiger partial charge in [-0.1, -0.05) is 48.7 Å². The molecule has 0 unspecified atom stereocenters. The normalized spacial score (nSPS) is 15.0. The standard InChI is InChI=1S/C26H34ClN3O4S/c1-18-12-13-19(2)24(14-18)30(35(4,33)34)17-25(31)29(16-21-8-7-9-22(27)15-21)20(3)26(32)28-23-10-5-6-11-23/h7-9,12-15,20,23H,5-6,10-11,16-17H2,1-4H3,(H,28,32)/t20-/m1/s1. The number of hydrogen-bond donors (Lipinski definition) is 1. The molecule has 3 rings (SSSR count). The highest BCUT2D eigenvalue weighted by Crippen LogP contribution is 2.25. The molecule has 35 heavy (non-hydrogen) atoms. The zero-order chi connectivity index (χ0) is 25.8. The minimum Gasteiger partial charge on any atom is -0.352 e. The molecular weight excluding hydrogens is 486 g/mol. The molecule has 0 saturated heterocycles. The van der Waals surface area contributed by atoms with Crippen LogP contribution in [0.5, 0.6) is 0 Å². The first-order valence-electron chi connectivity index (χ1n) is 11.8. The summed E-state index contributed by atoms with van der Waals surface area (Å²) in [7, 11) is -3.77. The molecule has 1 N–H and O–H groups in total. The van der Waals surface area contributed by atoms with E-state index in [1.807, 2.05) is 25.1 Å². The quantitative estimate of drug-likeness (QED) is 0.538. The minimum absolute atomic E-state index is 0.107. The van der Waals surface area contributed by atoms with Crippen molar-refractivity contribution in [3.8, 4) is 0 Å². The number of nitrogens with zero attached hydrogens (tertiary/aromatic N) is 2. The van der Waals surface area contributed by atoms with Crippen molar-refractivity contribution in [1.82, 2.24) is 10.2 Å². The van der Waals surface area contributed by atoms with Crippen LogP contribution in [-0.4, -0.2) is 50.0 Å². The molecule has 0 heterocycles. The van der Waals surface area contributed by atoms with Crippen LogP contribution in [0, 0.1) is 13.8 Å². The molecular formula is C26H34ClN3O4S. The van der Waals surface area contributed by atoms with Crippen LogP contribution in [0.1, 0.15) is 49.3 Å². The van der Waals surface area contributed by atoms with E-state index < -0.39 is 28.5 Å². The van der Waals surface area contributed by atoms with Gasteiger partial charge in [0.1, 0.15) is 12.6 Å². The summed E-state index contributed by atoms with van der Waals surface area (Å²) < 4.78 is 26.6. The van der Waals surface area contributed by atoms with Crippen LogP contribution in [0.15, 0.2) is 42.5 Å². The van der Waals surface area contributed by atoms with Crippen LogP contribution in [0.4, 0.5) is 5.69 Å². The molecule has 0 spiro atoms. The molecule has 1 atom stereocenters. The summed E-state index contributed by atoms with van der Waals surface area (Å²) in [5.41, 5.74) is 2.82. The second kappa shape index (κ2) is 11.4. The monoisotopic (exact) mass is 519 g/mol. The Hall–Kier alpha value is -2.58. The molecule has 9 heteroatoms. The summed E-state index contributed by atoms with van der Waals surface area (Å²) in [6.45, 7) is 5.06. The molecule has 0 aromatic heterocycles. The first kappa shape index (κ1) is 27.0. The van der Waals surface area contributed by atoms with Crippen LogP contribution >= 0.6 is 11.6 Å². The van der Waals surface area contributed by atoms with E-state index in [-0.39, 0.29) is 18.5 Å². The van der Waals surface area contributed by atoms with Crippen molar-refractivity contribution in [3.63, 3.8) is 0 Å². The van der Waals surface area contributed by atoms with E-state index in [0.29, 0.717) is 10.7 Å². The Balaban J connectivity index is 1.91. The highest BCUT2D eigenvalue weighted by Gasteiger charge is 2.31. The number of hydrogen-bond acceptors (Lipinski definition) is 4. The van der Waals surface area contributed by atoms with Crippen LogP contribution in [0.25, 0.3) is 0 Å². The van der Waals surface area contributed by atoms with Crippen molar-refractivity contribution in [2.75, 3.05) is 17.1 Å². The number of amides is 2. The summed E-state index contributed by atoms with van der Waals surface area (Å²) in [6.07, 6.45) is 5.08. The summed E-state index contributed by atoms with van der Waals surface area (Å²) >= 11 is 6.15. The number of halogens is 1. The Bertz CT molecular complexity index is 1180. The third-order valence-corrected chi connectivity index (χ3v) is 7.78. The van der Waals surface area contributed by atoms with Gasteiger partial charge in [0.05, 0.1) is 11.9 Å². The van der Waals surface area contributed by atoms with Gasteiger partial charge in [0.25, 0.3) is 0 Å². The molecule has 1 saturated carbocycles. The number of carbonyl (C=O) groups excluding carboxylic acids is 2. The van der Waals surface area contributed by atoms with Crippen molar-refractivity contribution in [1.29, 1.82) is 0 Å². The Morgan fingerprint density at radius 3 is 2.43 bits per heavy atom. The number of anilines is 1. The van der Waals surface area contributed by atoms with E-state index in [2.05, 4.69) is 5.32 Å². The van der Waals surface area contributed by atoms with Gasteiger partial charge >= 0.3 is 0 Å². The van der Waals surface area contributed by atoms with Gasteiger partial charge in [-0.05, 0) is 68.5 Å². The highest BCUT2D eigenvalue weighted by atomic mass is 35.5. The molecule has 0 bridgehead atoms. The second-order valence-corrected chi connectivity index (χ2v) is 11.7. The molecule has 2 aromatic rings. The van der Waals surface area contributed by atoms with Gasteiger partial charge in [-0.25, -0.2) is 8.42 Å². The van der Waals surface area contributed by atoms with E-state index in [1.165, 1.54) is 4.90 Å². The Labute approximate surface area is 213 Å². The lowest BCUT2D eigenvalue weighted by Crippen LogP contribution is -2.52. The third-order valence-electron chi connectivity index (χ3n) is 6.42. The number of aryl methyl sites for hydroxylation is 2. The predicted molar refractivity (Wildman–Crippen MR) is 140 cm³/mol. The molecule has 2 amide bonds. The molecule has 0 aliphatic heterocycles. The Morgan fingerprint density at radius 2 is 1.80 bits per heavy atom. The average molecular weight is 520 g/mol. The van der Waals surface area contributed by atoms with Gasteiger partial charge in [-0.3, -0.25) is 13.9 Å². The fourth-order valence-electron chi connectivity index (χ4n) is 4.39. The van der Waals surface area contributed by atoms with Gasteiger partial charge in [-0.15, -0.1) is 0 Å². The zero-order valence-electron chi connectivity index (χ0n) is 20.8. The summed E-state index contributed by atoms with van der Waals surface area (Å²) in [5.74, 6) is -0.713. The maximum Gasteiger partial charge on any atom is 0.244 e. The summed E-state index contributed by atoms with van der Waals surface area (Å²) in [6, 6.07) is 11.9. The topological polar surface area (TPSA) is 86.8 Å². The smallest absolute Gasteiger partial charge is 0.244 e. The number of rotatable bonds is 9. The molecule has 2 aromatic carbocycles. The largest absolute Gasteiger partial charge is 0.352 e. The van der Waals surface area contributed by atoms with E-state index >= 15 is 0 Å². The lowest BCUT2D eigenvalue weighted by Gasteiger charge is -2.32. The van der Waals surface area contributed by atoms with E-state index in [1.54, 1.807) is 38.1 Å². The lowest BCUT2D eigenvalue weighted by molar-refractivity contribution is -0.139. The van der Waals surface area contributed by atoms with Gasteiger partial charge < -0.3 is 10.2 Å². The average Bonchev–Trinajstić information content (AvgIpc) is 3.29. The number of sulfonamides is 1. The minimum atomic E-state index is -3.77. The van der Waals surface area contributed by atoms with Gasteiger partial charge in [-0.2, -0.15) is 0 Å². The molecule has 1 aliphatic carbocycles. The molecule has 0 radical (unpaired) electrons. The fraction of sp³-hybridized carbons (Fsp3) is 0.462. The summed E-state index contributed by atoms with van der Waals surface area (Å²) in [5, 5.41) is 3.57. The Kier molecular flexibility index (Phi) is 8.83. The number of nitrogens with one attached hydrogen (secondary N) is 1. The molecule has 1 fully saturated rings. The van der Waals surface area contributed by atoms with Crippen molar-refractivity contribution in [2.24, 2.45) is 0 Å². The number of benzene rings is 2.